The van der Waals surface area contributed by atoms with Crippen molar-refractivity contribution in [3.05, 3.63) is 34.9 Å². The van der Waals surface area contributed by atoms with E-state index in [1.165, 1.54) is 16.7 Å². The Balaban J connectivity index is 2.50. The van der Waals surface area contributed by atoms with Crippen molar-refractivity contribution in [3.8, 4) is 0 Å². The van der Waals surface area contributed by atoms with Crippen molar-refractivity contribution in [2.75, 3.05) is 0 Å². The van der Waals surface area contributed by atoms with Crippen LogP contribution in [0.1, 0.15) is 36.6 Å². The first-order chi connectivity index (χ1) is 6.00. The highest BCUT2D eigenvalue weighted by Crippen LogP contribution is 2.43. The van der Waals surface area contributed by atoms with Crippen molar-refractivity contribution < 1.29 is 0 Å². The molecule has 0 aromatic heterocycles. The molecule has 2 N–H and O–H groups in total. The van der Waals surface area contributed by atoms with E-state index in [0.29, 0.717) is 0 Å². The van der Waals surface area contributed by atoms with Crippen LogP contribution < -0.4 is 5.73 Å². The van der Waals surface area contributed by atoms with Crippen LogP contribution in [0, 0.1) is 12.3 Å². The molecule has 0 aliphatic heterocycles. The SMILES string of the molecule is Cc1ccc2c(c1)CC(C)(C)C2N. The lowest BCUT2D eigenvalue weighted by Gasteiger charge is -2.23. The molecule has 0 radical (unpaired) electrons. The van der Waals surface area contributed by atoms with E-state index in [1.807, 2.05) is 0 Å². The molecular formula is C12H17N. The Hall–Kier alpha value is -0.820. The summed E-state index contributed by atoms with van der Waals surface area (Å²) in [5.74, 6) is 0. The van der Waals surface area contributed by atoms with Gasteiger partial charge in [-0.15, -0.1) is 0 Å². The predicted molar refractivity (Wildman–Crippen MR) is 55.6 cm³/mol. The number of aryl methyl sites for hydroxylation is 1. The van der Waals surface area contributed by atoms with Gasteiger partial charge in [0.25, 0.3) is 0 Å². The van der Waals surface area contributed by atoms with Crippen molar-refractivity contribution in [1.82, 2.24) is 0 Å². The normalized spacial score (nSPS) is 24.5. The molecule has 1 aliphatic carbocycles. The zero-order valence-electron chi connectivity index (χ0n) is 8.59. The first-order valence-corrected chi connectivity index (χ1v) is 4.86. The highest BCUT2D eigenvalue weighted by molar-refractivity contribution is 5.39. The standard InChI is InChI=1S/C12H17N/c1-8-4-5-10-9(6-8)7-12(2,3)11(10)13/h4-6,11H,7,13H2,1-3H3. The van der Waals surface area contributed by atoms with Gasteiger partial charge in [0.1, 0.15) is 0 Å². The molecule has 0 amide bonds. The summed E-state index contributed by atoms with van der Waals surface area (Å²) in [6.45, 7) is 6.62. The fourth-order valence-corrected chi connectivity index (χ4v) is 2.21. The van der Waals surface area contributed by atoms with Crippen LogP contribution in [0.4, 0.5) is 0 Å². The highest BCUT2D eigenvalue weighted by Gasteiger charge is 2.35. The predicted octanol–water partition coefficient (Wildman–Crippen LogP) is 2.58. The summed E-state index contributed by atoms with van der Waals surface area (Å²) in [5.41, 5.74) is 10.5. The van der Waals surface area contributed by atoms with Crippen LogP contribution in [0.3, 0.4) is 0 Å². The lowest BCUT2D eigenvalue weighted by molar-refractivity contribution is 0.319. The second kappa shape index (κ2) is 2.58. The van der Waals surface area contributed by atoms with Crippen LogP contribution in [0.5, 0.6) is 0 Å². The molecule has 1 heteroatoms. The maximum Gasteiger partial charge on any atom is 0.0352 e. The Morgan fingerprint density at radius 3 is 2.77 bits per heavy atom. The molecule has 0 spiro atoms. The smallest absolute Gasteiger partial charge is 0.0352 e. The number of benzene rings is 1. The van der Waals surface area contributed by atoms with Gasteiger partial charge in [0.15, 0.2) is 0 Å². The summed E-state index contributed by atoms with van der Waals surface area (Å²) in [4.78, 5) is 0. The Bertz CT molecular complexity index is 339. The van der Waals surface area contributed by atoms with Gasteiger partial charge in [-0.3, -0.25) is 0 Å². The Labute approximate surface area is 80.0 Å². The highest BCUT2D eigenvalue weighted by atomic mass is 14.7. The molecule has 0 bridgehead atoms. The Kier molecular flexibility index (Phi) is 1.74. The number of rotatable bonds is 0. The molecule has 1 aliphatic rings. The monoisotopic (exact) mass is 175 g/mol. The maximum absolute atomic E-state index is 6.17. The van der Waals surface area contributed by atoms with Crippen LogP contribution in [0.15, 0.2) is 18.2 Å². The summed E-state index contributed by atoms with van der Waals surface area (Å²) < 4.78 is 0. The molecule has 2 rings (SSSR count). The van der Waals surface area contributed by atoms with Gasteiger partial charge in [-0.1, -0.05) is 37.6 Å². The molecule has 0 saturated carbocycles. The van der Waals surface area contributed by atoms with Gasteiger partial charge in [-0.05, 0) is 29.9 Å². The molecule has 13 heavy (non-hydrogen) atoms. The largest absolute Gasteiger partial charge is 0.323 e. The van der Waals surface area contributed by atoms with Gasteiger partial charge < -0.3 is 5.73 Å². The summed E-state index contributed by atoms with van der Waals surface area (Å²) >= 11 is 0. The number of hydrogen-bond acceptors (Lipinski definition) is 1. The molecule has 0 heterocycles. The maximum atomic E-state index is 6.17. The van der Waals surface area contributed by atoms with Crippen LogP contribution >= 0.6 is 0 Å². The van der Waals surface area contributed by atoms with E-state index in [2.05, 4.69) is 39.0 Å². The average molecular weight is 175 g/mol. The zero-order valence-corrected chi connectivity index (χ0v) is 8.59. The van der Waals surface area contributed by atoms with Gasteiger partial charge in [0.05, 0.1) is 0 Å². The molecule has 0 fully saturated rings. The quantitative estimate of drug-likeness (QED) is 0.644. The first-order valence-electron chi connectivity index (χ1n) is 4.86. The van der Waals surface area contributed by atoms with Crippen LogP contribution in [-0.4, -0.2) is 0 Å². The minimum Gasteiger partial charge on any atom is -0.323 e. The third kappa shape index (κ3) is 1.28. The minimum absolute atomic E-state index is 0.211. The second-order valence-electron chi connectivity index (χ2n) is 4.85. The van der Waals surface area contributed by atoms with E-state index in [4.69, 9.17) is 5.73 Å². The molecule has 1 aromatic carbocycles. The molecule has 1 aromatic rings. The van der Waals surface area contributed by atoms with Crippen molar-refractivity contribution in [2.45, 2.75) is 33.2 Å². The van der Waals surface area contributed by atoms with Gasteiger partial charge in [-0.2, -0.15) is 0 Å². The number of fused-ring (bicyclic) bond motifs is 1. The van der Waals surface area contributed by atoms with Gasteiger partial charge in [0.2, 0.25) is 0 Å². The average Bonchev–Trinajstić information content (AvgIpc) is 2.22. The third-order valence-electron chi connectivity index (χ3n) is 3.12. The van der Waals surface area contributed by atoms with E-state index < -0.39 is 0 Å². The van der Waals surface area contributed by atoms with E-state index in [9.17, 15) is 0 Å². The molecule has 1 nitrogen and oxygen atoms in total. The van der Waals surface area contributed by atoms with E-state index in [1.54, 1.807) is 0 Å². The fraction of sp³-hybridized carbons (Fsp3) is 0.500. The van der Waals surface area contributed by atoms with Crippen LogP contribution in [0.25, 0.3) is 0 Å². The summed E-state index contributed by atoms with van der Waals surface area (Å²) in [6.07, 6.45) is 1.12. The second-order valence-corrected chi connectivity index (χ2v) is 4.85. The summed E-state index contributed by atoms with van der Waals surface area (Å²) in [7, 11) is 0. The third-order valence-corrected chi connectivity index (χ3v) is 3.12. The first kappa shape index (κ1) is 8.76. The summed E-state index contributed by atoms with van der Waals surface area (Å²) in [5, 5.41) is 0. The number of hydrogen-bond donors (Lipinski definition) is 1. The van der Waals surface area contributed by atoms with Gasteiger partial charge in [0, 0.05) is 6.04 Å². The molecular weight excluding hydrogens is 158 g/mol. The fourth-order valence-electron chi connectivity index (χ4n) is 2.21. The van der Waals surface area contributed by atoms with Gasteiger partial charge >= 0.3 is 0 Å². The topological polar surface area (TPSA) is 26.0 Å². The van der Waals surface area contributed by atoms with E-state index >= 15 is 0 Å². The van der Waals surface area contributed by atoms with Crippen LogP contribution in [-0.2, 0) is 6.42 Å². The van der Waals surface area contributed by atoms with Crippen molar-refractivity contribution in [2.24, 2.45) is 11.1 Å². The van der Waals surface area contributed by atoms with Gasteiger partial charge in [-0.25, -0.2) is 0 Å². The van der Waals surface area contributed by atoms with E-state index in [-0.39, 0.29) is 11.5 Å². The van der Waals surface area contributed by atoms with Crippen molar-refractivity contribution in [1.29, 1.82) is 0 Å². The molecule has 1 unspecified atom stereocenters. The number of nitrogens with two attached hydrogens (primary N) is 1. The molecule has 0 saturated heterocycles. The Morgan fingerprint density at radius 1 is 1.38 bits per heavy atom. The van der Waals surface area contributed by atoms with E-state index in [0.717, 1.165) is 6.42 Å². The zero-order chi connectivity index (χ0) is 9.64. The molecule has 70 valence electrons. The van der Waals surface area contributed by atoms with Crippen LogP contribution in [0.2, 0.25) is 0 Å². The lowest BCUT2D eigenvalue weighted by atomic mass is 9.86. The van der Waals surface area contributed by atoms with Crippen molar-refractivity contribution >= 4 is 0 Å². The van der Waals surface area contributed by atoms with Crippen molar-refractivity contribution in [3.63, 3.8) is 0 Å². The Morgan fingerprint density at radius 2 is 2.08 bits per heavy atom. The minimum atomic E-state index is 0.211. The lowest BCUT2D eigenvalue weighted by Crippen LogP contribution is -2.24. The summed E-state index contributed by atoms with van der Waals surface area (Å²) in [6, 6.07) is 6.82. The molecule has 1 atom stereocenters.